The summed E-state index contributed by atoms with van der Waals surface area (Å²) in [7, 11) is 0. The SMILES string of the molecule is c1ccc(N(c2ccccc2)c2ccc(-c3ccc4c5ccccc5c5ccccc5c4c3)c3c2oc2ccc4oc5ccccc5c4c23)cc1. The van der Waals surface area contributed by atoms with Crippen LogP contribution >= 0.6 is 0 Å². The molecule has 0 aliphatic rings. The van der Waals surface area contributed by atoms with Crippen LogP contribution in [-0.4, -0.2) is 0 Å². The van der Waals surface area contributed by atoms with Crippen LogP contribution in [0, 0.1) is 0 Å². The van der Waals surface area contributed by atoms with Crippen LogP contribution < -0.4 is 4.90 Å². The van der Waals surface area contributed by atoms with E-state index in [1.54, 1.807) is 0 Å². The lowest BCUT2D eigenvalue weighted by atomic mass is 9.90. The van der Waals surface area contributed by atoms with Crippen molar-refractivity contribution in [2.24, 2.45) is 0 Å². The third-order valence-corrected chi connectivity index (χ3v) is 10.4. The lowest BCUT2D eigenvalue weighted by Gasteiger charge is -2.26. The number of hydrogen-bond donors (Lipinski definition) is 0. The van der Waals surface area contributed by atoms with Crippen LogP contribution in [0.1, 0.15) is 0 Å². The smallest absolute Gasteiger partial charge is 0.160 e. The standard InChI is InChI=1S/C48H29NO2/c1-3-13-31(14-4-1)49(32-15-5-2-6-16-32)41-26-25-33(46-47-44(51-48(41)46)28-27-43-45(47)39-21-11-12-22-42(39)50-43)30-23-24-38-36-19-8-7-17-34(36)35-18-9-10-20-37(35)40(38)29-30/h1-29H. The Hall–Kier alpha value is -6.84. The van der Waals surface area contributed by atoms with Gasteiger partial charge < -0.3 is 13.7 Å². The maximum Gasteiger partial charge on any atom is 0.160 e. The van der Waals surface area contributed by atoms with Gasteiger partial charge in [-0.3, -0.25) is 0 Å². The van der Waals surface area contributed by atoms with Crippen LogP contribution in [0.25, 0.3) is 87.3 Å². The van der Waals surface area contributed by atoms with Crippen LogP contribution in [0.4, 0.5) is 17.1 Å². The van der Waals surface area contributed by atoms with Crippen LogP contribution in [0.2, 0.25) is 0 Å². The Kier molecular flexibility index (Phi) is 5.96. The van der Waals surface area contributed by atoms with E-state index in [-0.39, 0.29) is 0 Å². The van der Waals surface area contributed by atoms with Crippen LogP contribution in [0.15, 0.2) is 185 Å². The van der Waals surface area contributed by atoms with Crippen molar-refractivity contribution in [1.29, 1.82) is 0 Å². The van der Waals surface area contributed by atoms with Crippen molar-refractivity contribution in [2.75, 3.05) is 4.90 Å². The highest BCUT2D eigenvalue weighted by molar-refractivity contribution is 6.30. The first-order valence-electron chi connectivity index (χ1n) is 17.4. The fourth-order valence-electron chi connectivity index (χ4n) is 8.24. The van der Waals surface area contributed by atoms with E-state index in [0.717, 1.165) is 72.1 Å². The van der Waals surface area contributed by atoms with Gasteiger partial charge in [-0.05, 0) is 98.0 Å². The van der Waals surface area contributed by atoms with E-state index in [1.807, 2.05) is 18.2 Å². The average Bonchev–Trinajstić information content (AvgIpc) is 3.78. The zero-order chi connectivity index (χ0) is 33.5. The Labute approximate surface area is 293 Å². The monoisotopic (exact) mass is 651 g/mol. The molecule has 0 aliphatic heterocycles. The minimum Gasteiger partial charge on any atom is -0.456 e. The van der Waals surface area contributed by atoms with Gasteiger partial charge in [-0.1, -0.05) is 121 Å². The van der Waals surface area contributed by atoms with Gasteiger partial charge in [0.1, 0.15) is 16.7 Å². The maximum absolute atomic E-state index is 7.03. The molecular weight excluding hydrogens is 623 g/mol. The van der Waals surface area contributed by atoms with Gasteiger partial charge in [-0.2, -0.15) is 0 Å². The molecule has 0 atom stereocenters. The molecule has 0 saturated heterocycles. The van der Waals surface area contributed by atoms with Crippen molar-refractivity contribution >= 4 is 93.3 Å². The van der Waals surface area contributed by atoms with Gasteiger partial charge in [0.15, 0.2) is 5.58 Å². The second kappa shape index (κ2) is 10.8. The first-order valence-corrected chi connectivity index (χ1v) is 17.4. The molecule has 0 aliphatic carbocycles. The molecule has 9 aromatic carbocycles. The Morgan fingerprint density at radius 3 is 1.51 bits per heavy atom. The number of para-hydroxylation sites is 3. The topological polar surface area (TPSA) is 29.5 Å². The maximum atomic E-state index is 7.03. The van der Waals surface area contributed by atoms with Gasteiger partial charge in [0, 0.05) is 32.9 Å². The summed E-state index contributed by atoms with van der Waals surface area (Å²) in [5.74, 6) is 0. The molecule has 51 heavy (non-hydrogen) atoms. The largest absolute Gasteiger partial charge is 0.456 e. The van der Waals surface area contributed by atoms with Crippen molar-refractivity contribution in [2.45, 2.75) is 0 Å². The molecule has 0 spiro atoms. The molecule has 0 N–H and O–H groups in total. The summed E-state index contributed by atoms with van der Waals surface area (Å²) in [6.45, 7) is 0. The van der Waals surface area contributed by atoms with Crippen LogP contribution in [-0.2, 0) is 0 Å². The fraction of sp³-hybridized carbons (Fsp3) is 0. The van der Waals surface area contributed by atoms with Crippen molar-refractivity contribution < 1.29 is 8.83 Å². The highest BCUT2D eigenvalue weighted by Gasteiger charge is 2.25. The van der Waals surface area contributed by atoms with Gasteiger partial charge in [-0.15, -0.1) is 0 Å². The number of rotatable bonds is 4. The molecule has 3 nitrogen and oxygen atoms in total. The van der Waals surface area contributed by atoms with Crippen molar-refractivity contribution in [3.63, 3.8) is 0 Å². The highest BCUT2D eigenvalue weighted by Crippen LogP contribution is 2.49. The summed E-state index contributed by atoms with van der Waals surface area (Å²) in [6, 6.07) is 62.4. The molecule has 0 radical (unpaired) electrons. The van der Waals surface area contributed by atoms with E-state index in [9.17, 15) is 0 Å². The first-order chi connectivity index (χ1) is 25.3. The average molecular weight is 652 g/mol. The number of furan rings is 2. The number of anilines is 3. The molecule has 2 heterocycles. The second-order valence-electron chi connectivity index (χ2n) is 13.2. The molecule has 0 saturated carbocycles. The van der Waals surface area contributed by atoms with Crippen LogP contribution in [0.5, 0.6) is 0 Å². The van der Waals surface area contributed by atoms with Crippen molar-refractivity contribution in [1.82, 2.24) is 0 Å². The van der Waals surface area contributed by atoms with Gasteiger partial charge >= 0.3 is 0 Å². The molecule has 2 aromatic heterocycles. The Morgan fingerprint density at radius 1 is 0.333 bits per heavy atom. The molecule has 0 bridgehead atoms. The van der Waals surface area contributed by atoms with Gasteiger partial charge in [-0.25, -0.2) is 0 Å². The highest BCUT2D eigenvalue weighted by atomic mass is 16.3. The number of hydrogen-bond acceptors (Lipinski definition) is 3. The number of benzene rings is 9. The van der Waals surface area contributed by atoms with E-state index >= 15 is 0 Å². The second-order valence-corrected chi connectivity index (χ2v) is 13.2. The minimum atomic E-state index is 0.830. The third kappa shape index (κ3) is 4.12. The predicted molar refractivity (Wildman–Crippen MR) is 214 cm³/mol. The summed E-state index contributed by atoms with van der Waals surface area (Å²) in [4.78, 5) is 2.29. The van der Waals surface area contributed by atoms with Crippen LogP contribution in [0.3, 0.4) is 0 Å². The summed E-state index contributed by atoms with van der Waals surface area (Å²) in [5.41, 5.74) is 8.71. The number of fused-ring (bicyclic) bond motifs is 13. The molecule has 11 rings (SSSR count). The zero-order valence-corrected chi connectivity index (χ0v) is 27.5. The van der Waals surface area contributed by atoms with E-state index in [1.165, 1.54) is 32.3 Å². The van der Waals surface area contributed by atoms with Crippen molar-refractivity contribution in [3.8, 4) is 11.1 Å². The Morgan fingerprint density at radius 2 is 0.863 bits per heavy atom. The van der Waals surface area contributed by atoms with E-state index in [0.29, 0.717) is 0 Å². The van der Waals surface area contributed by atoms with Gasteiger partial charge in [0.05, 0.1) is 5.69 Å². The lowest BCUT2D eigenvalue weighted by Crippen LogP contribution is -2.10. The van der Waals surface area contributed by atoms with Crippen molar-refractivity contribution in [3.05, 3.63) is 176 Å². The quantitative estimate of drug-likeness (QED) is 0.177. The Bertz CT molecular complexity index is 3060. The summed E-state index contributed by atoms with van der Waals surface area (Å²) < 4.78 is 13.5. The summed E-state index contributed by atoms with van der Waals surface area (Å²) in [5, 5.41) is 11.8. The molecule has 0 amide bonds. The number of nitrogens with zero attached hydrogens (tertiary/aromatic N) is 1. The molecule has 3 heteroatoms. The lowest BCUT2D eigenvalue weighted by molar-refractivity contribution is 0.663. The molecule has 238 valence electrons. The van der Waals surface area contributed by atoms with Gasteiger partial charge in [0.2, 0.25) is 0 Å². The summed E-state index contributed by atoms with van der Waals surface area (Å²) in [6.07, 6.45) is 0. The van der Waals surface area contributed by atoms with Gasteiger partial charge in [0.25, 0.3) is 0 Å². The summed E-state index contributed by atoms with van der Waals surface area (Å²) >= 11 is 0. The molecule has 0 unspecified atom stereocenters. The fourth-order valence-corrected chi connectivity index (χ4v) is 8.24. The van der Waals surface area contributed by atoms with E-state index < -0.39 is 0 Å². The Balaban J connectivity index is 1.28. The molecular formula is C48H29NO2. The predicted octanol–water partition coefficient (Wildman–Crippen LogP) is 14.1. The van der Waals surface area contributed by atoms with E-state index in [2.05, 4.69) is 163 Å². The third-order valence-electron chi connectivity index (χ3n) is 10.4. The molecule has 11 aromatic rings. The minimum absolute atomic E-state index is 0.830. The zero-order valence-electron chi connectivity index (χ0n) is 27.5. The normalized spacial score (nSPS) is 11.9. The first kappa shape index (κ1) is 28.0. The van der Waals surface area contributed by atoms with E-state index in [4.69, 9.17) is 8.83 Å². The molecule has 0 fully saturated rings.